The van der Waals surface area contributed by atoms with Crippen molar-refractivity contribution in [2.75, 3.05) is 6.54 Å². The SMILES string of the molecule is CC(CNCc1ccccc1)C1CCCCC1. The minimum atomic E-state index is 0.832. The Morgan fingerprint density at radius 3 is 2.53 bits per heavy atom. The van der Waals surface area contributed by atoms with Crippen LogP contribution in [0.3, 0.4) is 0 Å². The molecule has 0 aromatic heterocycles. The fraction of sp³-hybridized carbons (Fsp3) is 0.625. The Hall–Kier alpha value is -0.820. The summed E-state index contributed by atoms with van der Waals surface area (Å²) >= 11 is 0. The molecule has 1 aromatic rings. The third kappa shape index (κ3) is 4.16. The molecule has 1 saturated carbocycles. The van der Waals surface area contributed by atoms with Crippen LogP contribution in [0, 0.1) is 11.8 Å². The van der Waals surface area contributed by atoms with Crippen LogP contribution in [0.1, 0.15) is 44.6 Å². The van der Waals surface area contributed by atoms with E-state index in [4.69, 9.17) is 0 Å². The van der Waals surface area contributed by atoms with E-state index in [2.05, 4.69) is 42.6 Å². The van der Waals surface area contributed by atoms with Gasteiger partial charge in [0.1, 0.15) is 0 Å². The molecule has 1 aromatic carbocycles. The van der Waals surface area contributed by atoms with Crippen molar-refractivity contribution in [3.63, 3.8) is 0 Å². The first-order valence-corrected chi connectivity index (χ1v) is 7.11. The van der Waals surface area contributed by atoms with Crippen LogP contribution in [-0.2, 0) is 6.54 Å². The summed E-state index contributed by atoms with van der Waals surface area (Å²) in [6, 6.07) is 10.7. The molecule has 1 fully saturated rings. The second-order valence-corrected chi connectivity index (χ2v) is 5.49. The summed E-state index contributed by atoms with van der Waals surface area (Å²) in [4.78, 5) is 0. The van der Waals surface area contributed by atoms with Crippen LogP contribution in [0.25, 0.3) is 0 Å². The third-order valence-corrected chi connectivity index (χ3v) is 4.09. The van der Waals surface area contributed by atoms with Gasteiger partial charge in [-0.2, -0.15) is 0 Å². The molecular weight excluding hydrogens is 206 g/mol. The molecule has 1 unspecified atom stereocenters. The van der Waals surface area contributed by atoms with Crippen LogP contribution in [0.15, 0.2) is 30.3 Å². The van der Waals surface area contributed by atoms with Crippen molar-refractivity contribution in [2.45, 2.75) is 45.6 Å². The highest BCUT2D eigenvalue weighted by Crippen LogP contribution is 2.29. The largest absolute Gasteiger partial charge is 0.312 e. The van der Waals surface area contributed by atoms with Crippen molar-refractivity contribution < 1.29 is 0 Å². The first-order chi connectivity index (χ1) is 8.36. The van der Waals surface area contributed by atoms with E-state index in [-0.39, 0.29) is 0 Å². The molecule has 0 spiro atoms. The number of hydrogen-bond donors (Lipinski definition) is 1. The van der Waals surface area contributed by atoms with Gasteiger partial charge < -0.3 is 5.32 Å². The van der Waals surface area contributed by atoms with E-state index in [1.54, 1.807) is 0 Å². The lowest BCUT2D eigenvalue weighted by Crippen LogP contribution is -2.27. The molecule has 2 rings (SSSR count). The zero-order chi connectivity index (χ0) is 11.9. The quantitative estimate of drug-likeness (QED) is 0.808. The van der Waals surface area contributed by atoms with E-state index in [0.29, 0.717) is 0 Å². The van der Waals surface area contributed by atoms with Gasteiger partial charge in [0.05, 0.1) is 0 Å². The summed E-state index contributed by atoms with van der Waals surface area (Å²) in [6.07, 6.45) is 7.27. The molecule has 1 nitrogen and oxygen atoms in total. The first kappa shape index (κ1) is 12.6. The van der Waals surface area contributed by atoms with E-state index < -0.39 is 0 Å². The van der Waals surface area contributed by atoms with Gasteiger partial charge in [-0.25, -0.2) is 0 Å². The topological polar surface area (TPSA) is 12.0 Å². The monoisotopic (exact) mass is 231 g/mol. The summed E-state index contributed by atoms with van der Waals surface area (Å²) in [5, 5.41) is 3.60. The van der Waals surface area contributed by atoms with Crippen LogP contribution in [0.5, 0.6) is 0 Å². The maximum absolute atomic E-state index is 3.60. The molecule has 1 heteroatoms. The van der Waals surface area contributed by atoms with E-state index in [0.717, 1.165) is 18.4 Å². The van der Waals surface area contributed by atoms with Crippen LogP contribution in [-0.4, -0.2) is 6.54 Å². The molecule has 0 bridgehead atoms. The summed E-state index contributed by atoms with van der Waals surface area (Å²) in [5.41, 5.74) is 1.39. The van der Waals surface area contributed by atoms with Crippen LogP contribution >= 0.6 is 0 Å². The number of benzene rings is 1. The minimum absolute atomic E-state index is 0.832. The molecule has 1 N–H and O–H groups in total. The van der Waals surface area contributed by atoms with E-state index in [9.17, 15) is 0 Å². The highest BCUT2D eigenvalue weighted by molar-refractivity contribution is 5.14. The zero-order valence-electron chi connectivity index (χ0n) is 11.0. The van der Waals surface area contributed by atoms with Crippen LogP contribution in [0.4, 0.5) is 0 Å². The highest BCUT2D eigenvalue weighted by Gasteiger charge is 2.19. The lowest BCUT2D eigenvalue weighted by atomic mass is 9.81. The van der Waals surface area contributed by atoms with Crippen molar-refractivity contribution in [1.82, 2.24) is 5.32 Å². The van der Waals surface area contributed by atoms with Gasteiger partial charge in [0.15, 0.2) is 0 Å². The standard InChI is InChI=1S/C16H25N/c1-14(16-10-6-3-7-11-16)12-17-13-15-8-4-2-5-9-15/h2,4-5,8-9,14,16-17H,3,6-7,10-13H2,1H3. The maximum atomic E-state index is 3.60. The normalized spacial score (nSPS) is 19.1. The van der Waals surface area contributed by atoms with E-state index >= 15 is 0 Å². The fourth-order valence-electron chi connectivity index (χ4n) is 2.91. The van der Waals surface area contributed by atoms with Crippen LogP contribution in [0.2, 0.25) is 0 Å². The lowest BCUT2D eigenvalue weighted by molar-refractivity contribution is 0.256. The van der Waals surface area contributed by atoms with Crippen molar-refractivity contribution in [3.8, 4) is 0 Å². The molecule has 0 amide bonds. The Balaban J connectivity index is 1.67. The number of hydrogen-bond acceptors (Lipinski definition) is 1. The maximum Gasteiger partial charge on any atom is 0.0205 e. The molecule has 0 heterocycles. The molecule has 0 aliphatic heterocycles. The molecule has 1 aliphatic rings. The van der Waals surface area contributed by atoms with Gasteiger partial charge in [-0.05, 0) is 23.9 Å². The van der Waals surface area contributed by atoms with Gasteiger partial charge in [-0.1, -0.05) is 69.4 Å². The Morgan fingerprint density at radius 1 is 1.12 bits per heavy atom. The Bertz CT molecular complexity index is 301. The summed E-state index contributed by atoms with van der Waals surface area (Å²) in [5.74, 6) is 1.80. The van der Waals surface area contributed by atoms with Gasteiger partial charge in [-0.3, -0.25) is 0 Å². The highest BCUT2D eigenvalue weighted by atomic mass is 14.9. The summed E-state index contributed by atoms with van der Waals surface area (Å²) < 4.78 is 0. The minimum Gasteiger partial charge on any atom is -0.312 e. The molecule has 94 valence electrons. The van der Waals surface area contributed by atoms with Crippen molar-refractivity contribution in [2.24, 2.45) is 11.8 Å². The van der Waals surface area contributed by atoms with Crippen molar-refractivity contribution >= 4 is 0 Å². The van der Waals surface area contributed by atoms with E-state index in [1.807, 2.05) is 0 Å². The molecule has 17 heavy (non-hydrogen) atoms. The molecular formula is C16H25N. The van der Waals surface area contributed by atoms with Gasteiger partial charge in [-0.15, -0.1) is 0 Å². The predicted molar refractivity (Wildman–Crippen MR) is 73.9 cm³/mol. The smallest absolute Gasteiger partial charge is 0.0205 e. The molecule has 1 aliphatic carbocycles. The van der Waals surface area contributed by atoms with Gasteiger partial charge in [0.25, 0.3) is 0 Å². The summed E-state index contributed by atoms with van der Waals surface area (Å²) in [7, 11) is 0. The lowest BCUT2D eigenvalue weighted by Gasteiger charge is -2.27. The average molecular weight is 231 g/mol. The Labute approximate surface area is 106 Å². The molecule has 0 saturated heterocycles. The first-order valence-electron chi connectivity index (χ1n) is 7.11. The van der Waals surface area contributed by atoms with Gasteiger partial charge in [0.2, 0.25) is 0 Å². The van der Waals surface area contributed by atoms with Crippen molar-refractivity contribution in [1.29, 1.82) is 0 Å². The van der Waals surface area contributed by atoms with Crippen LogP contribution < -0.4 is 5.32 Å². The third-order valence-electron chi connectivity index (χ3n) is 4.09. The molecule has 1 atom stereocenters. The Kier molecular flexibility index (Phi) is 5.06. The predicted octanol–water partition coefficient (Wildman–Crippen LogP) is 3.99. The Morgan fingerprint density at radius 2 is 1.82 bits per heavy atom. The zero-order valence-corrected chi connectivity index (χ0v) is 11.0. The average Bonchev–Trinajstić information content (AvgIpc) is 2.41. The fourth-order valence-corrected chi connectivity index (χ4v) is 2.91. The number of rotatable bonds is 5. The molecule has 0 radical (unpaired) electrons. The van der Waals surface area contributed by atoms with Gasteiger partial charge >= 0.3 is 0 Å². The van der Waals surface area contributed by atoms with Crippen molar-refractivity contribution in [3.05, 3.63) is 35.9 Å². The van der Waals surface area contributed by atoms with E-state index in [1.165, 1.54) is 44.2 Å². The second kappa shape index (κ2) is 6.80. The van der Waals surface area contributed by atoms with Gasteiger partial charge in [0, 0.05) is 6.54 Å². The second-order valence-electron chi connectivity index (χ2n) is 5.49. The summed E-state index contributed by atoms with van der Waals surface area (Å²) in [6.45, 7) is 4.59. The number of nitrogens with one attached hydrogen (secondary N) is 1.